The summed E-state index contributed by atoms with van der Waals surface area (Å²) in [4.78, 5) is 0. The molecule has 12 heavy (non-hydrogen) atoms. The van der Waals surface area contributed by atoms with Crippen LogP contribution in [0.1, 0.15) is 41.0 Å². The fourth-order valence-electron chi connectivity index (χ4n) is 1.70. The third-order valence-electron chi connectivity index (χ3n) is 1.62. The molecule has 0 amide bonds. The summed E-state index contributed by atoms with van der Waals surface area (Å²) in [6.07, 6.45) is 10.2. The van der Waals surface area contributed by atoms with Crippen LogP contribution in [0.25, 0.3) is 0 Å². The lowest BCUT2D eigenvalue weighted by Gasteiger charge is -2.29. The van der Waals surface area contributed by atoms with Gasteiger partial charge in [0.15, 0.2) is 0 Å². The lowest BCUT2D eigenvalue weighted by Crippen LogP contribution is -2.18. The molecule has 0 saturated heterocycles. The monoisotopic (exact) mass is 164 g/mol. The van der Waals surface area contributed by atoms with Crippen molar-refractivity contribution >= 4 is 0 Å². The quantitative estimate of drug-likeness (QED) is 0.547. The van der Waals surface area contributed by atoms with E-state index in [1.54, 1.807) is 6.08 Å². The largest absolute Gasteiger partial charge is 0.115 e. The Bertz CT molecular complexity index is 193. The molecule has 0 spiro atoms. The maximum absolute atomic E-state index is 5.16. The van der Waals surface area contributed by atoms with E-state index < -0.39 is 0 Å². The summed E-state index contributed by atoms with van der Waals surface area (Å²) in [6, 6.07) is 0. The van der Waals surface area contributed by atoms with Crippen LogP contribution in [0.15, 0.2) is 12.2 Å². The van der Waals surface area contributed by atoms with Gasteiger partial charge in [0.25, 0.3) is 0 Å². The maximum atomic E-state index is 5.16. The molecule has 0 heteroatoms. The first-order valence-electron chi connectivity index (χ1n) is 4.41. The lowest BCUT2D eigenvalue weighted by molar-refractivity contribution is 0.262. The van der Waals surface area contributed by atoms with E-state index in [-0.39, 0.29) is 5.41 Å². The molecule has 0 aromatic rings. The third-order valence-corrected chi connectivity index (χ3v) is 1.62. The maximum Gasteiger partial charge on any atom is -0.0156 e. The van der Waals surface area contributed by atoms with Crippen molar-refractivity contribution in [2.75, 3.05) is 0 Å². The molecule has 0 aliphatic carbocycles. The Balaban J connectivity index is 4.25. The van der Waals surface area contributed by atoms with Gasteiger partial charge in [0.1, 0.15) is 0 Å². The summed E-state index contributed by atoms with van der Waals surface area (Å²) in [6.45, 7) is 11.2. The van der Waals surface area contributed by atoms with Crippen molar-refractivity contribution < 1.29 is 0 Å². The fourth-order valence-corrected chi connectivity index (χ4v) is 1.70. The van der Waals surface area contributed by atoms with Crippen LogP contribution >= 0.6 is 0 Å². The predicted octanol–water partition coefficient (Wildman–Crippen LogP) is 3.64. The molecule has 0 unspecified atom stereocenters. The number of allylic oxidation sites excluding steroid dienone is 2. The molecular formula is C12H20. The Morgan fingerprint density at radius 3 is 2.00 bits per heavy atom. The first kappa shape index (κ1) is 11.3. The van der Waals surface area contributed by atoms with Gasteiger partial charge in [0.05, 0.1) is 0 Å². The van der Waals surface area contributed by atoms with Gasteiger partial charge in [0.2, 0.25) is 0 Å². The topological polar surface area (TPSA) is 0 Å². The summed E-state index contributed by atoms with van der Waals surface area (Å²) >= 11 is 0. The SMILES string of the molecule is C#CC=CC(C)(C)CC(C)(C)C. The second kappa shape index (κ2) is 3.81. The van der Waals surface area contributed by atoms with Gasteiger partial charge in [-0.15, -0.1) is 6.42 Å². The van der Waals surface area contributed by atoms with E-state index in [9.17, 15) is 0 Å². The van der Waals surface area contributed by atoms with Gasteiger partial charge in [-0.3, -0.25) is 0 Å². The van der Waals surface area contributed by atoms with E-state index >= 15 is 0 Å². The van der Waals surface area contributed by atoms with Crippen molar-refractivity contribution in [1.29, 1.82) is 0 Å². The van der Waals surface area contributed by atoms with Crippen molar-refractivity contribution in [3.63, 3.8) is 0 Å². The van der Waals surface area contributed by atoms with Crippen LogP contribution in [0.2, 0.25) is 0 Å². The molecule has 0 N–H and O–H groups in total. The third kappa shape index (κ3) is 6.04. The van der Waals surface area contributed by atoms with Crippen LogP contribution in [-0.2, 0) is 0 Å². The molecule has 68 valence electrons. The molecule has 0 aromatic carbocycles. The highest BCUT2D eigenvalue weighted by Gasteiger charge is 2.22. The summed E-state index contributed by atoms with van der Waals surface area (Å²) in [5.74, 6) is 2.53. The first-order chi connectivity index (χ1) is 5.27. The first-order valence-corrected chi connectivity index (χ1v) is 4.41. The Hall–Kier alpha value is -0.700. The van der Waals surface area contributed by atoms with Gasteiger partial charge < -0.3 is 0 Å². The molecule has 0 fully saturated rings. The zero-order valence-corrected chi connectivity index (χ0v) is 8.94. The summed E-state index contributed by atoms with van der Waals surface area (Å²) < 4.78 is 0. The second-order valence-electron chi connectivity index (χ2n) is 5.23. The number of hydrogen-bond acceptors (Lipinski definition) is 0. The minimum Gasteiger partial charge on any atom is -0.115 e. The van der Waals surface area contributed by atoms with Crippen LogP contribution in [-0.4, -0.2) is 0 Å². The van der Waals surface area contributed by atoms with Gasteiger partial charge in [0, 0.05) is 0 Å². The van der Waals surface area contributed by atoms with Gasteiger partial charge >= 0.3 is 0 Å². The van der Waals surface area contributed by atoms with Crippen molar-refractivity contribution in [3.05, 3.63) is 12.2 Å². The summed E-state index contributed by atoms with van der Waals surface area (Å²) in [7, 11) is 0. The number of hydrogen-bond donors (Lipinski definition) is 0. The average molecular weight is 164 g/mol. The van der Waals surface area contributed by atoms with E-state index in [2.05, 4.69) is 46.6 Å². The van der Waals surface area contributed by atoms with Gasteiger partial charge in [-0.25, -0.2) is 0 Å². The van der Waals surface area contributed by atoms with Crippen LogP contribution in [0, 0.1) is 23.2 Å². The van der Waals surface area contributed by atoms with Gasteiger partial charge in [-0.05, 0) is 23.3 Å². The molecule has 0 radical (unpaired) electrons. The molecule has 0 aromatic heterocycles. The molecule has 0 rings (SSSR count). The van der Waals surface area contributed by atoms with Crippen LogP contribution in [0.5, 0.6) is 0 Å². The normalized spacial score (nSPS) is 13.3. The number of rotatable bonds is 2. The molecule has 0 aliphatic heterocycles. The van der Waals surface area contributed by atoms with Gasteiger partial charge in [-0.1, -0.05) is 46.6 Å². The van der Waals surface area contributed by atoms with Crippen molar-refractivity contribution in [2.24, 2.45) is 10.8 Å². The smallest absolute Gasteiger partial charge is 0.0156 e. The molecule has 0 heterocycles. The zero-order valence-electron chi connectivity index (χ0n) is 8.94. The standard InChI is InChI=1S/C12H20/c1-7-8-9-12(5,6)10-11(2,3)4/h1,8-9H,10H2,2-6H3. The van der Waals surface area contributed by atoms with E-state index in [1.807, 2.05) is 0 Å². The van der Waals surface area contributed by atoms with E-state index in [0.717, 1.165) is 6.42 Å². The molecule has 0 atom stereocenters. The number of terminal acetylenes is 1. The van der Waals surface area contributed by atoms with Crippen molar-refractivity contribution in [1.82, 2.24) is 0 Å². The van der Waals surface area contributed by atoms with Gasteiger partial charge in [-0.2, -0.15) is 0 Å². The highest BCUT2D eigenvalue weighted by Crippen LogP contribution is 2.33. The Morgan fingerprint density at radius 2 is 1.67 bits per heavy atom. The molecule has 0 saturated carbocycles. The van der Waals surface area contributed by atoms with Crippen LogP contribution in [0.4, 0.5) is 0 Å². The van der Waals surface area contributed by atoms with Crippen molar-refractivity contribution in [2.45, 2.75) is 41.0 Å². The second-order valence-corrected chi connectivity index (χ2v) is 5.23. The summed E-state index contributed by atoms with van der Waals surface area (Å²) in [5, 5.41) is 0. The van der Waals surface area contributed by atoms with E-state index in [1.165, 1.54) is 0 Å². The zero-order chi connectivity index (χ0) is 9.83. The van der Waals surface area contributed by atoms with Crippen LogP contribution in [0.3, 0.4) is 0 Å². The Labute approximate surface area is 77.1 Å². The van der Waals surface area contributed by atoms with Crippen molar-refractivity contribution in [3.8, 4) is 12.3 Å². The molecule has 0 bridgehead atoms. The van der Waals surface area contributed by atoms with E-state index in [0.29, 0.717) is 5.41 Å². The highest BCUT2D eigenvalue weighted by atomic mass is 14.3. The molecule has 0 aliphatic rings. The minimum absolute atomic E-state index is 0.213. The average Bonchev–Trinajstić information content (AvgIpc) is 1.78. The Morgan fingerprint density at radius 1 is 1.17 bits per heavy atom. The fraction of sp³-hybridized carbons (Fsp3) is 0.667. The Kier molecular flexibility index (Phi) is 3.58. The van der Waals surface area contributed by atoms with Crippen LogP contribution < -0.4 is 0 Å². The molecule has 0 nitrogen and oxygen atoms in total. The minimum atomic E-state index is 0.213. The predicted molar refractivity (Wildman–Crippen MR) is 55.8 cm³/mol. The summed E-state index contributed by atoms with van der Waals surface area (Å²) in [5.41, 5.74) is 0.576. The highest BCUT2D eigenvalue weighted by molar-refractivity contribution is 5.12. The molecular weight excluding hydrogens is 144 g/mol. The van der Waals surface area contributed by atoms with E-state index in [4.69, 9.17) is 6.42 Å². The lowest BCUT2D eigenvalue weighted by atomic mass is 9.76.